The second-order valence-corrected chi connectivity index (χ2v) is 3.18. The van der Waals surface area contributed by atoms with Gasteiger partial charge in [-0.1, -0.05) is 54.6 Å². The van der Waals surface area contributed by atoms with Crippen molar-refractivity contribution in [2.75, 3.05) is 0 Å². The molecule has 0 saturated carbocycles. The van der Waals surface area contributed by atoms with Crippen LogP contribution in [0.25, 0.3) is 11.1 Å². The van der Waals surface area contributed by atoms with Gasteiger partial charge in [0.1, 0.15) is 0 Å². The lowest BCUT2D eigenvalue weighted by molar-refractivity contribution is 0.282. The number of aliphatic hydroxyl groups is 1. The summed E-state index contributed by atoms with van der Waals surface area (Å²) in [6, 6.07) is 18.0. The molecule has 0 fully saturated rings. The molecule has 1 nitrogen and oxygen atoms in total. The highest BCUT2D eigenvalue weighted by molar-refractivity contribution is 5.66. The number of aliphatic hydroxyl groups excluding tert-OH is 1. The molecular weight excluding hydrogens is 196 g/mol. The van der Waals surface area contributed by atoms with Crippen LogP contribution in [-0.2, 0) is 6.61 Å². The largest absolute Gasteiger partial charge is 0.392 e. The van der Waals surface area contributed by atoms with Crippen LogP contribution < -0.4 is 0 Å². The fraction of sp³-hybridized carbons (Fsp3) is 0.0667. The lowest BCUT2D eigenvalue weighted by atomic mass is 10.0. The van der Waals surface area contributed by atoms with Crippen LogP contribution in [-0.4, -0.2) is 5.11 Å². The third-order valence-corrected chi connectivity index (χ3v) is 2.27. The molecule has 0 saturated heterocycles. The summed E-state index contributed by atoms with van der Waals surface area (Å²) in [6.07, 6.45) is 0. The molecule has 0 aromatic heterocycles. The second kappa shape index (κ2) is 6.59. The number of hydrogen-bond acceptors (Lipinski definition) is 1. The van der Waals surface area contributed by atoms with Gasteiger partial charge < -0.3 is 5.11 Å². The lowest BCUT2D eigenvalue weighted by Gasteiger charge is -2.06. The Morgan fingerprint density at radius 2 is 1.38 bits per heavy atom. The first kappa shape index (κ1) is 12.2. The van der Waals surface area contributed by atoms with Crippen molar-refractivity contribution < 1.29 is 5.11 Å². The van der Waals surface area contributed by atoms with E-state index in [1.807, 2.05) is 42.5 Å². The van der Waals surface area contributed by atoms with Gasteiger partial charge in [0.15, 0.2) is 0 Å². The minimum absolute atomic E-state index is 0.0884. The van der Waals surface area contributed by atoms with E-state index in [1.165, 1.54) is 0 Å². The molecule has 0 amide bonds. The number of benzene rings is 2. The normalized spacial score (nSPS) is 9.06. The molecule has 0 heterocycles. The van der Waals surface area contributed by atoms with Gasteiger partial charge in [0.05, 0.1) is 6.61 Å². The summed E-state index contributed by atoms with van der Waals surface area (Å²) in [7, 11) is 0. The van der Waals surface area contributed by atoms with Gasteiger partial charge in [-0.05, 0) is 16.7 Å². The van der Waals surface area contributed by atoms with E-state index in [2.05, 4.69) is 25.3 Å². The quantitative estimate of drug-likeness (QED) is 0.753. The molecule has 0 bridgehead atoms. The van der Waals surface area contributed by atoms with E-state index in [4.69, 9.17) is 0 Å². The Balaban J connectivity index is 0.000000606. The summed E-state index contributed by atoms with van der Waals surface area (Å²) >= 11 is 0. The number of hydrogen-bond donors (Lipinski definition) is 1. The van der Waals surface area contributed by atoms with Crippen LogP contribution in [0.3, 0.4) is 0 Å². The standard InChI is InChI=1S/C13H12O.C2H4/c14-10-12-8-4-5-9-13(12)11-6-2-1-3-7-11;1-2/h1-9,14H,10H2;1-2H2. The summed E-state index contributed by atoms with van der Waals surface area (Å²) < 4.78 is 0. The Morgan fingerprint density at radius 1 is 0.812 bits per heavy atom. The molecule has 0 spiro atoms. The van der Waals surface area contributed by atoms with Crippen LogP contribution in [0.5, 0.6) is 0 Å². The third-order valence-electron chi connectivity index (χ3n) is 2.27. The maximum absolute atomic E-state index is 9.18. The molecule has 0 radical (unpaired) electrons. The zero-order valence-corrected chi connectivity index (χ0v) is 9.26. The fourth-order valence-corrected chi connectivity index (χ4v) is 1.56. The second-order valence-electron chi connectivity index (χ2n) is 3.18. The first-order valence-corrected chi connectivity index (χ1v) is 5.16. The van der Waals surface area contributed by atoms with E-state index in [0.29, 0.717) is 0 Å². The minimum atomic E-state index is 0.0884. The van der Waals surface area contributed by atoms with Gasteiger partial charge in [-0.3, -0.25) is 0 Å². The molecular formula is C15H16O. The van der Waals surface area contributed by atoms with E-state index < -0.39 is 0 Å². The van der Waals surface area contributed by atoms with Crippen molar-refractivity contribution in [2.45, 2.75) is 6.61 Å². The topological polar surface area (TPSA) is 20.2 Å². The van der Waals surface area contributed by atoms with E-state index in [-0.39, 0.29) is 6.61 Å². The van der Waals surface area contributed by atoms with Crippen molar-refractivity contribution in [1.29, 1.82) is 0 Å². The highest BCUT2D eigenvalue weighted by Gasteiger charge is 2.01. The molecule has 0 aliphatic carbocycles. The van der Waals surface area contributed by atoms with Crippen molar-refractivity contribution >= 4 is 0 Å². The Morgan fingerprint density at radius 3 is 2.00 bits per heavy atom. The van der Waals surface area contributed by atoms with E-state index >= 15 is 0 Å². The SMILES string of the molecule is C=C.OCc1ccccc1-c1ccccc1. The molecule has 1 heteroatoms. The van der Waals surface area contributed by atoms with Gasteiger partial charge in [-0.15, -0.1) is 13.2 Å². The van der Waals surface area contributed by atoms with Gasteiger partial charge >= 0.3 is 0 Å². The molecule has 2 aromatic rings. The third kappa shape index (κ3) is 2.81. The molecule has 2 aromatic carbocycles. The molecule has 0 unspecified atom stereocenters. The van der Waals surface area contributed by atoms with E-state index in [1.54, 1.807) is 0 Å². The Labute approximate surface area is 96.7 Å². The first-order chi connectivity index (χ1) is 7.92. The van der Waals surface area contributed by atoms with Gasteiger partial charge in [-0.2, -0.15) is 0 Å². The summed E-state index contributed by atoms with van der Waals surface area (Å²) in [4.78, 5) is 0. The highest BCUT2D eigenvalue weighted by Crippen LogP contribution is 2.22. The summed E-state index contributed by atoms with van der Waals surface area (Å²) in [5, 5.41) is 9.18. The Hall–Kier alpha value is -1.86. The average molecular weight is 212 g/mol. The maximum Gasteiger partial charge on any atom is 0.0687 e. The van der Waals surface area contributed by atoms with Crippen molar-refractivity contribution in [3.63, 3.8) is 0 Å². The van der Waals surface area contributed by atoms with Crippen molar-refractivity contribution in [2.24, 2.45) is 0 Å². The summed E-state index contributed by atoms with van der Waals surface area (Å²) in [5.74, 6) is 0. The molecule has 82 valence electrons. The molecule has 16 heavy (non-hydrogen) atoms. The molecule has 2 rings (SSSR count). The zero-order chi connectivity index (χ0) is 11.8. The molecule has 0 aliphatic heterocycles. The molecule has 0 atom stereocenters. The minimum Gasteiger partial charge on any atom is -0.392 e. The van der Waals surface area contributed by atoms with Crippen molar-refractivity contribution in [3.05, 3.63) is 73.3 Å². The van der Waals surface area contributed by atoms with Crippen LogP contribution in [0.15, 0.2) is 67.8 Å². The lowest BCUT2D eigenvalue weighted by Crippen LogP contribution is -1.87. The number of rotatable bonds is 2. The van der Waals surface area contributed by atoms with Gasteiger partial charge in [0.2, 0.25) is 0 Å². The smallest absolute Gasteiger partial charge is 0.0687 e. The van der Waals surface area contributed by atoms with Gasteiger partial charge in [0, 0.05) is 0 Å². The van der Waals surface area contributed by atoms with Crippen LogP contribution in [0.1, 0.15) is 5.56 Å². The van der Waals surface area contributed by atoms with Crippen LogP contribution in [0.2, 0.25) is 0 Å². The van der Waals surface area contributed by atoms with Gasteiger partial charge in [0.25, 0.3) is 0 Å². The van der Waals surface area contributed by atoms with Crippen LogP contribution in [0, 0.1) is 0 Å². The van der Waals surface area contributed by atoms with E-state index in [0.717, 1.165) is 16.7 Å². The monoisotopic (exact) mass is 212 g/mol. The highest BCUT2D eigenvalue weighted by atomic mass is 16.3. The Bertz CT molecular complexity index is 420. The van der Waals surface area contributed by atoms with Gasteiger partial charge in [-0.25, -0.2) is 0 Å². The van der Waals surface area contributed by atoms with Crippen molar-refractivity contribution in [1.82, 2.24) is 0 Å². The summed E-state index contributed by atoms with van der Waals surface area (Å²) in [5.41, 5.74) is 3.23. The fourth-order valence-electron chi connectivity index (χ4n) is 1.56. The molecule has 1 N–H and O–H groups in total. The first-order valence-electron chi connectivity index (χ1n) is 5.16. The zero-order valence-electron chi connectivity index (χ0n) is 9.26. The van der Waals surface area contributed by atoms with E-state index in [9.17, 15) is 5.11 Å². The van der Waals surface area contributed by atoms with Crippen LogP contribution >= 0.6 is 0 Å². The average Bonchev–Trinajstić information content (AvgIpc) is 2.42. The Kier molecular flexibility index (Phi) is 5.03. The maximum atomic E-state index is 9.18. The predicted octanol–water partition coefficient (Wildman–Crippen LogP) is 3.65. The van der Waals surface area contributed by atoms with Crippen molar-refractivity contribution in [3.8, 4) is 11.1 Å². The predicted molar refractivity (Wildman–Crippen MR) is 69.1 cm³/mol. The van der Waals surface area contributed by atoms with Crippen LogP contribution in [0.4, 0.5) is 0 Å². The summed E-state index contributed by atoms with van der Waals surface area (Å²) in [6.45, 7) is 6.09. The molecule has 0 aliphatic rings.